The Morgan fingerprint density at radius 2 is 2.06 bits per heavy atom. The second-order valence-corrected chi connectivity index (χ2v) is 5.47. The van der Waals surface area contributed by atoms with Gasteiger partial charge >= 0.3 is 0 Å². The van der Waals surface area contributed by atoms with Gasteiger partial charge in [-0.1, -0.05) is 19.8 Å². The van der Waals surface area contributed by atoms with E-state index in [4.69, 9.17) is 5.26 Å². The fourth-order valence-corrected chi connectivity index (χ4v) is 2.56. The quantitative estimate of drug-likeness (QED) is 0.884. The maximum Gasteiger partial charge on any atom is 0.144 e. The highest BCUT2D eigenvalue weighted by Gasteiger charge is 2.18. The van der Waals surface area contributed by atoms with Crippen LogP contribution in [0, 0.1) is 30.1 Å². The van der Waals surface area contributed by atoms with Crippen molar-refractivity contribution in [1.29, 1.82) is 5.26 Å². The Kier molecular flexibility index (Phi) is 4.19. The minimum atomic E-state index is 0.643. The number of hydrogen-bond acceptors (Lipinski definition) is 3. The van der Waals surface area contributed by atoms with Gasteiger partial charge in [-0.3, -0.25) is 0 Å². The summed E-state index contributed by atoms with van der Waals surface area (Å²) in [7, 11) is 0. The summed E-state index contributed by atoms with van der Waals surface area (Å²) in [6.45, 7) is 5.23. The number of nitrogens with zero attached hydrogens (tertiary/aromatic N) is 2. The summed E-state index contributed by atoms with van der Waals surface area (Å²) in [5, 5.41) is 12.4. The number of aryl methyl sites for hydroxylation is 1. The number of nitrogens with one attached hydrogen (secondary N) is 1. The third-order valence-corrected chi connectivity index (χ3v) is 3.85. The molecule has 3 heteroatoms. The standard InChI is InChI=1S/C15H21N3/c1-11-3-6-13(7-4-11)10-17-15-14(9-16)8-5-12(2)18-15/h5,8,11,13H,3-4,6-7,10H2,1-2H3,(H,17,18). The van der Waals surface area contributed by atoms with Crippen LogP contribution < -0.4 is 5.32 Å². The molecule has 2 rings (SSSR count). The molecule has 0 bridgehead atoms. The van der Waals surface area contributed by atoms with Crippen molar-refractivity contribution in [2.24, 2.45) is 11.8 Å². The number of rotatable bonds is 3. The Hall–Kier alpha value is -1.56. The Morgan fingerprint density at radius 1 is 1.33 bits per heavy atom. The molecule has 18 heavy (non-hydrogen) atoms. The number of aromatic nitrogens is 1. The van der Waals surface area contributed by atoms with E-state index in [0.717, 1.165) is 29.9 Å². The van der Waals surface area contributed by atoms with Gasteiger partial charge in [0.25, 0.3) is 0 Å². The summed E-state index contributed by atoms with van der Waals surface area (Å²) in [5.74, 6) is 2.36. The van der Waals surface area contributed by atoms with Crippen LogP contribution in [0.5, 0.6) is 0 Å². The lowest BCUT2D eigenvalue weighted by molar-refractivity contribution is 0.300. The fourth-order valence-electron chi connectivity index (χ4n) is 2.56. The molecule has 3 nitrogen and oxygen atoms in total. The molecule has 0 aromatic carbocycles. The second kappa shape index (κ2) is 5.86. The predicted molar refractivity (Wildman–Crippen MR) is 73.3 cm³/mol. The van der Waals surface area contributed by atoms with Gasteiger partial charge in [0, 0.05) is 12.2 Å². The summed E-state index contributed by atoms with van der Waals surface area (Å²) in [5.41, 5.74) is 1.60. The van der Waals surface area contributed by atoms with Gasteiger partial charge < -0.3 is 5.32 Å². The zero-order chi connectivity index (χ0) is 13.0. The molecule has 0 amide bonds. The molecular formula is C15H21N3. The van der Waals surface area contributed by atoms with Gasteiger partial charge in [0.1, 0.15) is 11.9 Å². The van der Waals surface area contributed by atoms with E-state index in [9.17, 15) is 0 Å². The van der Waals surface area contributed by atoms with Gasteiger partial charge in [-0.2, -0.15) is 5.26 Å². The lowest BCUT2D eigenvalue weighted by Gasteiger charge is -2.26. The molecule has 0 spiro atoms. The van der Waals surface area contributed by atoms with Crippen LogP contribution in [0.15, 0.2) is 12.1 Å². The van der Waals surface area contributed by atoms with Crippen LogP contribution in [0.2, 0.25) is 0 Å². The topological polar surface area (TPSA) is 48.7 Å². The van der Waals surface area contributed by atoms with E-state index in [2.05, 4.69) is 23.3 Å². The molecule has 1 heterocycles. The minimum absolute atomic E-state index is 0.643. The van der Waals surface area contributed by atoms with Gasteiger partial charge in [0.2, 0.25) is 0 Å². The van der Waals surface area contributed by atoms with Crippen molar-refractivity contribution in [3.8, 4) is 6.07 Å². The molecule has 0 saturated heterocycles. The highest BCUT2D eigenvalue weighted by atomic mass is 15.0. The third-order valence-electron chi connectivity index (χ3n) is 3.85. The first kappa shape index (κ1) is 12.9. The first-order valence-electron chi connectivity index (χ1n) is 6.80. The maximum absolute atomic E-state index is 9.05. The molecule has 0 aliphatic heterocycles. The summed E-state index contributed by atoms with van der Waals surface area (Å²) in [4.78, 5) is 4.41. The van der Waals surface area contributed by atoms with Gasteiger partial charge in [-0.05, 0) is 43.7 Å². The Balaban J connectivity index is 1.94. The second-order valence-electron chi connectivity index (χ2n) is 5.47. The molecular weight excluding hydrogens is 222 g/mol. The highest BCUT2D eigenvalue weighted by Crippen LogP contribution is 2.28. The molecule has 1 aliphatic rings. The van der Waals surface area contributed by atoms with Crippen molar-refractivity contribution in [2.75, 3.05) is 11.9 Å². The zero-order valence-corrected chi connectivity index (χ0v) is 11.2. The Bertz CT molecular complexity index is 440. The van der Waals surface area contributed by atoms with Crippen molar-refractivity contribution in [1.82, 2.24) is 4.98 Å². The van der Waals surface area contributed by atoms with E-state index in [0.29, 0.717) is 5.56 Å². The van der Waals surface area contributed by atoms with E-state index in [1.807, 2.05) is 19.1 Å². The average Bonchev–Trinajstić information content (AvgIpc) is 2.38. The summed E-state index contributed by atoms with van der Waals surface area (Å²) in [6.07, 6.45) is 5.25. The van der Waals surface area contributed by atoms with Gasteiger partial charge in [-0.15, -0.1) is 0 Å². The molecule has 1 fully saturated rings. The molecule has 1 saturated carbocycles. The number of anilines is 1. The molecule has 0 radical (unpaired) electrons. The maximum atomic E-state index is 9.05. The number of hydrogen-bond donors (Lipinski definition) is 1. The molecule has 1 aromatic rings. The van der Waals surface area contributed by atoms with Crippen molar-refractivity contribution in [3.05, 3.63) is 23.4 Å². The lowest BCUT2D eigenvalue weighted by atomic mass is 9.83. The fraction of sp³-hybridized carbons (Fsp3) is 0.600. The van der Waals surface area contributed by atoms with Crippen LogP contribution in [0.3, 0.4) is 0 Å². The van der Waals surface area contributed by atoms with Crippen LogP contribution in [0.25, 0.3) is 0 Å². The first-order chi connectivity index (χ1) is 8.69. The lowest BCUT2D eigenvalue weighted by Crippen LogP contribution is -2.21. The Labute approximate surface area is 109 Å². The van der Waals surface area contributed by atoms with E-state index in [-0.39, 0.29) is 0 Å². The monoisotopic (exact) mass is 243 g/mol. The van der Waals surface area contributed by atoms with E-state index >= 15 is 0 Å². The normalized spacial score (nSPS) is 23.4. The van der Waals surface area contributed by atoms with Crippen LogP contribution in [-0.4, -0.2) is 11.5 Å². The van der Waals surface area contributed by atoms with Crippen molar-refractivity contribution in [3.63, 3.8) is 0 Å². The highest BCUT2D eigenvalue weighted by molar-refractivity contribution is 5.52. The summed E-state index contributed by atoms with van der Waals surface area (Å²) >= 11 is 0. The molecule has 0 atom stereocenters. The predicted octanol–water partition coefficient (Wildman–Crippen LogP) is 3.50. The van der Waals surface area contributed by atoms with Crippen LogP contribution >= 0.6 is 0 Å². The summed E-state index contributed by atoms with van der Waals surface area (Å²) in [6, 6.07) is 5.91. The van der Waals surface area contributed by atoms with E-state index in [1.165, 1.54) is 25.7 Å². The van der Waals surface area contributed by atoms with E-state index in [1.54, 1.807) is 0 Å². The largest absolute Gasteiger partial charge is 0.369 e. The molecule has 0 unspecified atom stereocenters. The Morgan fingerprint density at radius 3 is 2.72 bits per heavy atom. The van der Waals surface area contributed by atoms with Crippen molar-refractivity contribution >= 4 is 5.82 Å². The number of nitriles is 1. The van der Waals surface area contributed by atoms with Gasteiger partial charge in [0.15, 0.2) is 0 Å². The van der Waals surface area contributed by atoms with Crippen molar-refractivity contribution < 1.29 is 0 Å². The molecule has 1 N–H and O–H groups in total. The minimum Gasteiger partial charge on any atom is -0.369 e. The van der Waals surface area contributed by atoms with Crippen LogP contribution in [0.4, 0.5) is 5.82 Å². The summed E-state index contributed by atoms with van der Waals surface area (Å²) < 4.78 is 0. The van der Waals surface area contributed by atoms with Gasteiger partial charge in [0.05, 0.1) is 5.56 Å². The number of pyridine rings is 1. The SMILES string of the molecule is Cc1ccc(C#N)c(NCC2CCC(C)CC2)n1. The smallest absolute Gasteiger partial charge is 0.144 e. The van der Waals surface area contributed by atoms with Gasteiger partial charge in [-0.25, -0.2) is 4.98 Å². The first-order valence-corrected chi connectivity index (χ1v) is 6.80. The zero-order valence-electron chi connectivity index (χ0n) is 11.2. The van der Waals surface area contributed by atoms with Crippen molar-refractivity contribution in [2.45, 2.75) is 39.5 Å². The molecule has 1 aliphatic carbocycles. The van der Waals surface area contributed by atoms with Crippen LogP contribution in [0.1, 0.15) is 43.9 Å². The molecule has 1 aromatic heterocycles. The average molecular weight is 243 g/mol. The third kappa shape index (κ3) is 3.22. The van der Waals surface area contributed by atoms with Crippen LogP contribution in [-0.2, 0) is 0 Å². The van der Waals surface area contributed by atoms with E-state index < -0.39 is 0 Å². The molecule has 96 valence electrons.